The summed E-state index contributed by atoms with van der Waals surface area (Å²) in [6.07, 6.45) is 2.93. The topological polar surface area (TPSA) is 83.2 Å². The summed E-state index contributed by atoms with van der Waals surface area (Å²) in [6.45, 7) is 4.15. The van der Waals surface area contributed by atoms with Gasteiger partial charge in [-0.2, -0.15) is 0 Å². The molecule has 0 saturated carbocycles. The first-order chi connectivity index (χ1) is 14.0. The summed E-state index contributed by atoms with van der Waals surface area (Å²) >= 11 is 0. The molecule has 0 aliphatic heterocycles. The Labute approximate surface area is 169 Å². The molecule has 148 valence electrons. The average Bonchev–Trinajstić information content (AvgIpc) is 3.13. The zero-order chi connectivity index (χ0) is 20.4. The molecule has 0 amide bonds. The van der Waals surface area contributed by atoms with Crippen molar-refractivity contribution in [1.29, 1.82) is 0 Å². The van der Waals surface area contributed by atoms with Crippen LogP contribution < -0.4 is 5.32 Å². The highest BCUT2D eigenvalue weighted by molar-refractivity contribution is 5.80. The smallest absolute Gasteiger partial charge is 0.146 e. The molecule has 6 heteroatoms. The second-order valence-corrected chi connectivity index (χ2v) is 7.26. The number of benzene rings is 3. The molecule has 4 aromatic rings. The maximum absolute atomic E-state index is 10.8. The summed E-state index contributed by atoms with van der Waals surface area (Å²) in [7, 11) is 0. The lowest BCUT2D eigenvalue weighted by atomic mass is 10.0. The zero-order valence-corrected chi connectivity index (χ0v) is 16.6. The number of nitrogens with zero attached hydrogens (tertiary/aromatic N) is 3. The lowest BCUT2D eigenvalue weighted by molar-refractivity contribution is 0.459. The average molecular weight is 388 g/mol. The number of phenols is 2. The third-order valence-corrected chi connectivity index (χ3v) is 4.86. The lowest BCUT2D eigenvalue weighted by Gasteiger charge is -2.10. The molecule has 0 fully saturated rings. The molecule has 29 heavy (non-hydrogen) atoms. The van der Waals surface area contributed by atoms with Crippen LogP contribution in [-0.4, -0.2) is 25.2 Å². The minimum atomic E-state index is 0.227. The number of fused-ring (bicyclic) bond motifs is 1. The van der Waals surface area contributed by atoms with E-state index in [1.165, 1.54) is 4.80 Å². The molecule has 1 heterocycles. The second-order valence-electron chi connectivity index (χ2n) is 7.26. The number of phenolic OH excluding ortho intramolecular Hbond substituents is 2. The SMILES string of the molecule is CCCCc1cc(C)cc(-n2nc3ccc(Nc4ccc(O)cc4)cc3n2)c1O. The number of hydrogen-bond donors (Lipinski definition) is 3. The van der Waals surface area contributed by atoms with Gasteiger partial charge in [-0.3, -0.25) is 0 Å². The molecule has 6 nitrogen and oxygen atoms in total. The van der Waals surface area contributed by atoms with Crippen LogP contribution in [-0.2, 0) is 6.42 Å². The molecular formula is C23H24N4O2. The molecule has 0 saturated heterocycles. The van der Waals surface area contributed by atoms with Crippen molar-refractivity contribution >= 4 is 22.4 Å². The van der Waals surface area contributed by atoms with E-state index >= 15 is 0 Å². The Balaban J connectivity index is 1.67. The predicted octanol–water partition coefficient (Wildman–Crippen LogP) is 5.23. The van der Waals surface area contributed by atoms with Gasteiger partial charge in [0.15, 0.2) is 0 Å². The van der Waals surface area contributed by atoms with Crippen molar-refractivity contribution in [2.45, 2.75) is 33.1 Å². The molecular weight excluding hydrogens is 364 g/mol. The van der Waals surface area contributed by atoms with Crippen molar-refractivity contribution in [3.8, 4) is 17.2 Å². The summed E-state index contributed by atoms with van der Waals surface area (Å²) in [5, 5.41) is 32.6. The van der Waals surface area contributed by atoms with Gasteiger partial charge in [0.25, 0.3) is 0 Å². The Bertz CT molecular complexity index is 1150. The van der Waals surface area contributed by atoms with Crippen LogP contribution in [0.5, 0.6) is 11.5 Å². The number of hydrogen-bond acceptors (Lipinski definition) is 5. The summed E-state index contributed by atoms with van der Waals surface area (Å²) in [6, 6.07) is 16.5. The quantitative estimate of drug-likeness (QED) is 0.394. The monoisotopic (exact) mass is 388 g/mol. The van der Waals surface area contributed by atoms with E-state index in [0.29, 0.717) is 5.69 Å². The first kappa shape index (κ1) is 18.8. The molecule has 0 atom stereocenters. The molecule has 1 aromatic heterocycles. The van der Waals surface area contributed by atoms with E-state index in [-0.39, 0.29) is 11.5 Å². The fraction of sp³-hybridized carbons (Fsp3) is 0.217. The molecule has 0 aliphatic carbocycles. The fourth-order valence-corrected chi connectivity index (χ4v) is 3.36. The summed E-state index contributed by atoms with van der Waals surface area (Å²) in [5.41, 5.74) is 5.80. The van der Waals surface area contributed by atoms with E-state index in [1.807, 2.05) is 37.3 Å². The van der Waals surface area contributed by atoms with Gasteiger partial charge in [0, 0.05) is 11.4 Å². The third kappa shape index (κ3) is 4.01. The van der Waals surface area contributed by atoms with E-state index in [9.17, 15) is 10.2 Å². The minimum absolute atomic E-state index is 0.227. The Morgan fingerprint density at radius 2 is 1.62 bits per heavy atom. The van der Waals surface area contributed by atoms with Gasteiger partial charge in [-0.1, -0.05) is 19.4 Å². The Morgan fingerprint density at radius 3 is 2.38 bits per heavy atom. The Kier molecular flexibility index (Phi) is 5.08. The van der Waals surface area contributed by atoms with Crippen LogP contribution in [0, 0.1) is 6.92 Å². The Hall–Kier alpha value is -3.54. The highest BCUT2D eigenvalue weighted by Crippen LogP contribution is 2.30. The number of nitrogens with one attached hydrogen (secondary N) is 1. The van der Waals surface area contributed by atoms with Crippen molar-refractivity contribution in [1.82, 2.24) is 15.0 Å². The van der Waals surface area contributed by atoms with E-state index in [2.05, 4.69) is 22.4 Å². The zero-order valence-electron chi connectivity index (χ0n) is 16.6. The van der Waals surface area contributed by atoms with Crippen molar-refractivity contribution < 1.29 is 10.2 Å². The number of aromatic nitrogens is 3. The molecule has 4 rings (SSSR count). The van der Waals surface area contributed by atoms with Gasteiger partial charge in [-0.25, -0.2) is 0 Å². The number of aromatic hydroxyl groups is 2. The van der Waals surface area contributed by atoms with Gasteiger partial charge in [-0.05, 0) is 79.4 Å². The van der Waals surface area contributed by atoms with Gasteiger partial charge < -0.3 is 15.5 Å². The third-order valence-electron chi connectivity index (χ3n) is 4.86. The first-order valence-corrected chi connectivity index (χ1v) is 9.79. The molecule has 3 aromatic carbocycles. The Morgan fingerprint density at radius 1 is 0.897 bits per heavy atom. The first-order valence-electron chi connectivity index (χ1n) is 9.79. The molecule has 0 aliphatic rings. The highest BCUT2D eigenvalue weighted by Gasteiger charge is 2.14. The van der Waals surface area contributed by atoms with Gasteiger partial charge in [0.05, 0.1) is 0 Å². The van der Waals surface area contributed by atoms with Crippen molar-refractivity contribution in [3.05, 3.63) is 65.7 Å². The number of unbranched alkanes of at least 4 members (excludes halogenated alkanes) is 1. The second kappa shape index (κ2) is 7.83. The lowest BCUT2D eigenvalue weighted by Crippen LogP contribution is -2.02. The molecule has 0 spiro atoms. The summed E-state index contributed by atoms with van der Waals surface area (Å²) in [4.78, 5) is 1.51. The van der Waals surface area contributed by atoms with Crippen LogP contribution in [0.15, 0.2) is 54.6 Å². The predicted molar refractivity (Wildman–Crippen MR) is 115 cm³/mol. The van der Waals surface area contributed by atoms with Crippen molar-refractivity contribution in [2.75, 3.05) is 5.32 Å². The summed E-state index contributed by atoms with van der Waals surface area (Å²) in [5.74, 6) is 0.469. The number of anilines is 2. The molecule has 3 N–H and O–H groups in total. The van der Waals surface area contributed by atoms with E-state index in [0.717, 1.165) is 52.8 Å². The van der Waals surface area contributed by atoms with E-state index < -0.39 is 0 Å². The van der Waals surface area contributed by atoms with Crippen LogP contribution >= 0.6 is 0 Å². The van der Waals surface area contributed by atoms with E-state index in [4.69, 9.17) is 0 Å². The van der Waals surface area contributed by atoms with Gasteiger partial charge in [0.2, 0.25) is 0 Å². The van der Waals surface area contributed by atoms with Crippen molar-refractivity contribution in [3.63, 3.8) is 0 Å². The molecule has 0 unspecified atom stereocenters. The van der Waals surface area contributed by atoms with Crippen LogP contribution in [0.3, 0.4) is 0 Å². The van der Waals surface area contributed by atoms with Crippen LogP contribution in [0.1, 0.15) is 30.9 Å². The highest BCUT2D eigenvalue weighted by atomic mass is 16.3. The van der Waals surface area contributed by atoms with Crippen LogP contribution in [0.4, 0.5) is 11.4 Å². The summed E-state index contributed by atoms with van der Waals surface area (Å²) < 4.78 is 0. The fourth-order valence-electron chi connectivity index (χ4n) is 3.36. The van der Waals surface area contributed by atoms with Gasteiger partial charge in [0.1, 0.15) is 28.2 Å². The van der Waals surface area contributed by atoms with Gasteiger partial charge >= 0.3 is 0 Å². The standard InChI is InChI=1S/C23H24N4O2/c1-3-4-5-16-12-15(2)13-22(23(16)29)27-25-20-11-8-18(14-21(20)26-27)24-17-6-9-19(28)10-7-17/h6-14,24,28-29H,3-5H2,1-2H3. The maximum Gasteiger partial charge on any atom is 0.146 e. The number of aryl methyl sites for hydroxylation is 2. The maximum atomic E-state index is 10.8. The molecule has 0 bridgehead atoms. The number of rotatable bonds is 6. The normalized spacial score (nSPS) is 11.1. The largest absolute Gasteiger partial charge is 0.508 e. The molecule has 0 radical (unpaired) electrons. The van der Waals surface area contributed by atoms with Crippen LogP contribution in [0.25, 0.3) is 16.7 Å². The minimum Gasteiger partial charge on any atom is -0.508 e. The van der Waals surface area contributed by atoms with Crippen molar-refractivity contribution in [2.24, 2.45) is 0 Å². The van der Waals surface area contributed by atoms with Gasteiger partial charge in [-0.15, -0.1) is 15.0 Å². The van der Waals surface area contributed by atoms with E-state index in [1.54, 1.807) is 24.3 Å². The van der Waals surface area contributed by atoms with Crippen LogP contribution in [0.2, 0.25) is 0 Å².